The van der Waals surface area contributed by atoms with Crippen LogP contribution < -0.4 is 4.90 Å². The van der Waals surface area contributed by atoms with Crippen LogP contribution in [0.2, 0.25) is 0 Å². The van der Waals surface area contributed by atoms with Gasteiger partial charge in [0.1, 0.15) is 11.9 Å². The van der Waals surface area contributed by atoms with Crippen molar-refractivity contribution in [3.63, 3.8) is 0 Å². The highest BCUT2D eigenvalue weighted by molar-refractivity contribution is 5.94. The summed E-state index contributed by atoms with van der Waals surface area (Å²) in [5.41, 5.74) is 2.43. The van der Waals surface area contributed by atoms with E-state index in [0.717, 1.165) is 5.69 Å². The van der Waals surface area contributed by atoms with E-state index in [1.807, 2.05) is 35.2 Å². The minimum atomic E-state index is -0.499. The maximum absolute atomic E-state index is 13.9. The molecule has 164 valence electrons. The number of rotatable bonds is 5. The van der Waals surface area contributed by atoms with Crippen molar-refractivity contribution in [3.05, 3.63) is 65.5 Å². The van der Waals surface area contributed by atoms with Crippen molar-refractivity contribution in [1.29, 1.82) is 0 Å². The van der Waals surface area contributed by atoms with Crippen LogP contribution in [0.25, 0.3) is 0 Å². The van der Waals surface area contributed by atoms with Crippen molar-refractivity contribution in [3.8, 4) is 0 Å². The van der Waals surface area contributed by atoms with E-state index < -0.39 is 6.04 Å². The molecule has 6 nitrogen and oxygen atoms in total. The topological polar surface area (TPSA) is 53.1 Å². The Morgan fingerprint density at radius 1 is 0.935 bits per heavy atom. The van der Waals surface area contributed by atoms with Gasteiger partial charge >= 0.3 is 0 Å². The van der Waals surface area contributed by atoms with Gasteiger partial charge in [-0.25, -0.2) is 4.39 Å². The molecule has 2 aromatic rings. The Kier molecular flexibility index (Phi) is 6.63. The van der Waals surface area contributed by atoms with Gasteiger partial charge in [0.15, 0.2) is 5.78 Å². The second-order valence-corrected chi connectivity index (χ2v) is 8.02. The second kappa shape index (κ2) is 9.58. The van der Waals surface area contributed by atoms with E-state index in [0.29, 0.717) is 63.6 Å². The first-order valence-corrected chi connectivity index (χ1v) is 10.7. The van der Waals surface area contributed by atoms with Crippen LogP contribution >= 0.6 is 0 Å². The number of halogens is 1. The van der Waals surface area contributed by atoms with Gasteiger partial charge in [-0.2, -0.15) is 0 Å². The van der Waals surface area contributed by atoms with E-state index in [4.69, 9.17) is 4.74 Å². The van der Waals surface area contributed by atoms with E-state index in [-0.39, 0.29) is 17.5 Å². The van der Waals surface area contributed by atoms with Gasteiger partial charge in [0.05, 0.1) is 13.2 Å². The van der Waals surface area contributed by atoms with Crippen molar-refractivity contribution in [2.45, 2.75) is 13.0 Å². The molecule has 0 aromatic heterocycles. The number of carbonyl (C=O) groups excluding carboxylic acids is 2. The molecule has 0 spiro atoms. The molecular formula is C24H28FN3O3. The molecule has 2 aliphatic heterocycles. The number of piperazine rings is 1. The average molecular weight is 426 g/mol. The minimum Gasteiger partial charge on any atom is -0.379 e. The summed E-state index contributed by atoms with van der Waals surface area (Å²) < 4.78 is 19.4. The summed E-state index contributed by atoms with van der Waals surface area (Å²) in [4.78, 5) is 31.2. The molecule has 1 atom stereocenters. The fourth-order valence-corrected chi connectivity index (χ4v) is 4.29. The van der Waals surface area contributed by atoms with E-state index in [1.165, 1.54) is 12.1 Å². The molecule has 0 saturated carbocycles. The maximum Gasteiger partial charge on any atom is 0.244 e. The van der Waals surface area contributed by atoms with Crippen LogP contribution in [0.15, 0.2) is 48.5 Å². The Morgan fingerprint density at radius 3 is 2.23 bits per heavy atom. The van der Waals surface area contributed by atoms with Gasteiger partial charge in [0.25, 0.3) is 0 Å². The van der Waals surface area contributed by atoms with Gasteiger partial charge in [0.2, 0.25) is 5.91 Å². The zero-order valence-electron chi connectivity index (χ0n) is 17.8. The Labute approximate surface area is 182 Å². The highest BCUT2D eigenvalue weighted by atomic mass is 19.1. The number of amides is 1. The van der Waals surface area contributed by atoms with Crippen LogP contribution in [0.3, 0.4) is 0 Å². The molecule has 7 heteroatoms. The molecule has 2 heterocycles. The molecule has 2 fully saturated rings. The van der Waals surface area contributed by atoms with Gasteiger partial charge in [0, 0.05) is 50.5 Å². The summed E-state index contributed by atoms with van der Waals surface area (Å²) in [5.74, 6) is -0.269. The van der Waals surface area contributed by atoms with Crippen LogP contribution in [0.4, 0.5) is 10.1 Å². The van der Waals surface area contributed by atoms with Crippen LogP contribution in [0, 0.1) is 5.82 Å². The number of nitrogens with zero attached hydrogens (tertiary/aromatic N) is 3. The van der Waals surface area contributed by atoms with E-state index in [1.54, 1.807) is 13.0 Å². The largest absolute Gasteiger partial charge is 0.379 e. The minimum absolute atomic E-state index is 0.0130. The Morgan fingerprint density at radius 2 is 1.61 bits per heavy atom. The Bertz CT molecular complexity index is 920. The summed E-state index contributed by atoms with van der Waals surface area (Å²) in [6.45, 7) is 6.63. The highest BCUT2D eigenvalue weighted by Gasteiger charge is 2.34. The fourth-order valence-electron chi connectivity index (χ4n) is 4.29. The predicted molar refractivity (Wildman–Crippen MR) is 117 cm³/mol. The lowest BCUT2D eigenvalue weighted by Gasteiger charge is -2.40. The quantitative estimate of drug-likeness (QED) is 0.690. The highest BCUT2D eigenvalue weighted by Crippen LogP contribution is 2.26. The Balaban J connectivity index is 1.46. The molecule has 0 aliphatic carbocycles. The standard InChI is InChI=1S/C24H28FN3O3/c1-18(29)19-5-7-22(8-6-19)26-9-11-28(12-10-26)24(30)23(27-13-15-31-16-14-27)20-3-2-4-21(25)17-20/h2-8,17,23H,9-16H2,1H3/t23-/m0/s1. The van der Waals surface area contributed by atoms with Gasteiger partial charge < -0.3 is 14.5 Å². The molecule has 31 heavy (non-hydrogen) atoms. The summed E-state index contributed by atoms with van der Waals surface area (Å²) in [7, 11) is 0. The Hall–Kier alpha value is -2.77. The molecule has 2 saturated heterocycles. The summed E-state index contributed by atoms with van der Waals surface area (Å²) in [6.07, 6.45) is 0. The molecule has 2 aliphatic rings. The molecule has 2 aromatic carbocycles. The van der Waals surface area contributed by atoms with E-state index in [2.05, 4.69) is 9.80 Å². The molecule has 1 amide bonds. The van der Waals surface area contributed by atoms with Crippen molar-refractivity contribution >= 4 is 17.4 Å². The van der Waals surface area contributed by atoms with Crippen LogP contribution in [-0.2, 0) is 9.53 Å². The molecule has 0 N–H and O–H groups in total. The molecule has 0 bridgehead atoms. The number of ether oxygens (including phenoxy) is 1. The number of benzene rings is 2. The van der Waals surface area contributed by atoms with Crippen LogP contribution in [0.5, 0.6) is 0 Å². The lowest BCUT2D eigenvalue weighted by Crippen LogP contribution is -2.53. The van der Waals surface area contributed by atoms with Crippen molar-refractivity contribution in [2.75, 3.05) is 57.4 Å². The van der Waals surface area contributed by atoms with Crippen molar-refractivity contribution < 1.29 is 18.7 Å². The van der Waals surface area contributed by atoms with Gasteiger partial charge in [-0.3, -0.25) is 14.5 Å². The number of hydrogen-bond acceptors (Lipinski definition) is 5. The third kappa shape index (κ3) is 4.94. The number of anilines is 1. The zero-order chi connectivity index (χ0) is 21.8. The van der Waals surface area contributed by atoms with E-state index >= 15 is 0 Å². The maximum atomic E-state index is 13.9. The number of ketones is 1. The summed E-state index contributed by atoms with van der Waals surface area (Å²) >= 11 is 0. The molecule has 0 radical (unpaired) electrons. The van der Waals surface area contributed by atoms with Crippen molar-refractivity contribution in [1.82, 2.24) is 9.80 Å². The average Bonchev–Trinajstić information content (AvgIpc) is 2.80. The first-order chi connectivity index (χ1) is 15.0. The summed E-state index contributed by atoms with van der Waals surface area (Å²) in [5, 5.41) is 0. The first kappa shape index (κ1) is 21.5. The third-order valence-corrected chi connectivity index (χ3v) is 6.04. The predicted octanol–water partition coefficient (Wildman–Crippen LogP) is 2.75. The zero-order valence-corrected chi connectivity index (χ0v) is 17.8. The summed E-state index contributed by atoms with van der Waals surface area (Å²) in [6, 6.07) is 13.4. The van der Waals surface area contributed by atoms with Crippen molar-refractivity contribution in [2.24, 2.45) is 0 Å². The molecular weight excluding hydrogens is 397 g/mol. The van der Waals surface area contributed by atoms with Crippen LogP contribution in [-0.4, -0.2) is 74.0 Å². The number of morpholine rings is 1. The smallest absolute Gasteiger partial charge is 0.244 e. The lowest BCUT2D eigenvalue weighted by atomic mass is 10.0. The SMILES string of the molecule is CC(=O)c1ccc(N2CCN(C(=O)[C@H](c3cccc(F)c3)N3CCOCC3)CC2)cc1. The van der Waals surface area contributed by atoms with Gasteiger partial charge in [-0.1, -0.05) is 12.1 Å². The number of Topliss-reactive ketones (excluding diaryl/α,β-unsaturated/α-hetero) is 1. The molecule has 4 rings (SSSR count). The normalized spacial score (nSPS) is 18.6. The monoisotopic (exact) mass is 425 g/mol. The fraction of sp³-hybridized carbons (Fsp3) is 0.417. The lowest BCUT2D eigenvalue weighted by molar-refractivity contribution is -0.139. The van der Waals surface area contributed by atoms with Crippen LogP contribution in [0.1, 0.15) is 28.9 Å². The number of carbonyl (C=O) groups is 2. The van der Waals surface area contributed by atoms with Gasteiger partial charge in [-0.15, -0.1) is 0 Å². The second-order valence-electron chi connectivity index (χ2n) is 8.02. The molecule has 0 unspecified atom stereocenters. The number of hydrogen-bond donors (Lipinski definition) is 0. The third-order valence-electron chi connectivity index (χ3n) is 6.04. The first-order valence-electron chi connectivity index (χ1n) is 10.7. The van der Waals surface area contributed by atoms with E-state index in [9.17, 15) is 14.0 Å². The van der Waals surface area contributed by atoms with Gasteiger partial charge in [-0.05, 0) is 48.9 Å².